The van der Waals surface area contributed by atoms with Gasteiger partial charge in [0.1, 0.15) is 11.4 Å². The van der Waals surface area contributed by atoms with Crippen LogP contribution in [-0.4, -0.2) is 39.0 Å². The molecular weight excluding hydrogens is 476 g/mol. The van der Waals surface area contributed by atoms with Gasteiger partial charge in [-0.2, -0.15) is 0 Å². The third kappa shape index (κ3) is 2.87. The molecule has 2 fully saturated rings. The van der Waals surface area contributed by atoms with Gasteiger partial charge in [-0.05, 0) is 54.3 Å². The van der Waals surface area contributed by atoms with Crippen LogP contribution in [0.5, 0.6) is 0 Å². The first-order valence-corrected chi connectivity index (χ1v) is 12.7. The molecule has 3 aromatic carbocycles. The van der Waals surface area contributed by atoms with Crippen LogP contribution in [0.15, 0.2) is 90.6 Å². The number of para-hydroxylation sites is 1. The molecule has 38 heavy (non-hydrogen) atoms. The highest BCUT2D eigenvalue weighted by molar-refractivity contribution is 6.10. The zero-order valence-corrected chi connectivity index (χ0v) is 20.2. The van der Waals surface area contributed by atoms with E-state index in [2.05, 4.69) is 15.3 Å². The zero-order chi connectivity index (χ0) is 25.6. The van der Waals surface area contributed by atoms with Crippen molar-refractivity contribution in [1.82, 2.24) is 14.9 Å². The lowest BCUT2D eigenvalue weighted by atomic mass is 9.81. The normalized spacial score (nSPS) is 21.2. The number of carbonyl (C=O) groups is 3. The number of carbonyl (C=O) groups excluding carboxylic acids is 3. The Bertz CT molecular complexity index is 1860. The highest BCUT2D eigenvalue weighted by Crippen LogP contribution is 2.66. The fourth-order valence-electron chi connectivity index (χ4n) is 6.44. The third-order valence-electron chi connectivity index (χ3n) is 8.33. The molecule has 184 valence electrons. The van der Waals surface area contributed by atoms with E-state index in [1.807, 2.05) is 78.9 Å². The summed E-state index contributed by atoms with van der Waals surface area (Å²) in [6.07, 6.45) is 2.63. The molecule has 2 aliphatic carbocycles. The molecule has 1 saturated carbocycles. The number of nitrogens with zero attached hydrogens (tertiary/aromatic N) is 1. The number of allylic oxidation sites excluding steroid dienone is 2. The standard InChI is InChI=1S/C31H22N4O3/c36-27-14-28-31(22-7-3-2-6-21(22)27)15-19(31)16-35(28)30(38)26-13-18-11-20(9-10-24(18)34-26)32-29(37)25-12-17-5-1-4-8-23(17)33-25/h1-14,19,33-34H,15-16H2,(H,32,37)/t19-,31?/m1/s1. The molecule has 3 heterocycles. The number of rotatable bonds is 3. The molecule has 1 unspecified atom stereocenters. The SMILES string of the molecule is O=C(Nc1ccc2[nH]c(C(=O)N3C[C@H]4CC45C3=CC(=O)c3ccccc35)cc2c1)c1cc2ccccc2[nH]1. The van der Waals surface area contributed by atoms with Gasteiger partial charge >= 0.3 is 0 Å². The van der Waals surface area contributed by atoms with Crippen molar-refractivity contribution in [2.75, 3.05) is 11.9 Å². The number of ketones is 1. The Labute approximate surface area is 217 Å². The van der Waals surface area contributed by atoms with Crippen molar-refractivity contribution in [1.29, 1.82) is 0 Å². The lowest BCUT2D eigenvalue weighted by Gasteiger charge is -2.29. The van der Waals surface area contributed by atoms with Crippen LogP contribution in [0.3, 0.4) is 0 Å². The van der Waals surface area contributed by atoms with Gasteiger partial charge in [0.05, 0.1) is 0 Å². The fourth-order valence-corrected chi connectivity index (χ4v) is 6.44. The number of aromatic nitrogens is 2. The Morgan fingerprint density at radius 3 is 2.53 bits per heavy atom. The minimum absolute atomic E-state index is 0.0430. The molecule has 2 aromatic heterocycles. The maximum absolute atomic E-state index is 13.7. The molecule has 5 aromatic rings. The van der Waals surface area contributed by atoms with Crippen LogP contribution in [0.1, 0.15) is 43.3 Å². The highest BCUT2D eigenvalue weighted by atomic mass is 16.2. The molecular formula is C31H22N4O3. The first-order chi connectivity index (χ1) is 18.5. The first kappa shape index (κ1) is 21.2. The van der Waals surface area contributed by atoms with Crippen LogP contribution >= 0.6 is 0 Å². The maximum Gasteiger partial charge on any atom is 0.274 e. The van der Waals surface area contributed by atoms with E-state index in [1.54, 1.807) is 11.0 Å². The van der Waals surface area contributed by atoms with E-state index >= 15 is 0 Å². The van der Waals surface area contributed by atoms with Crippen molar-refractivity contribution in [2.24, 2.45) is 5.92 Å². The smallest absolute Gasteiger partial charge is 0.274 e. The Hall–Kier alpha value is -4.91. The van der Waals surface area contributed by atoms with Gasteiger partial charge in [0.15, 0.2) is 5.78 Å². The molecule has 8 rings (SSSR count). The van der Waals surface area contributed by atoms with Gasteiger partial charge in [-0.1, -0.05) is 42.5 Å². The van der Waals surface area contributed by atoms with E-state index in [4.69, 9.17) is 0 Å². The second-order valence-electron chi connectivity index (χ2n) is 10.4. The van der Waals surface area contributed by atoms with Gasteiger partial charge in [-0.3, -0.25) is 14.4 Å². The van der Waals surface area contributed by atoms with Crippen molar-refractivity contribution in [3.8, 4) is 0 Å². The lowest BCUT2D eigenvalue weighted by Crippen LogP contribution is -2.33. The average molecular weight is 499 g/mol. The number of hydrogen-bond donors (Lipinski definition) is 3. The highest BCUT2D eigenvalue weighted by Gasteiger charge is 2.67. The Kier molecular flexibility index (Phi) is 4.08. The Morgan fingerprint density at radius 2 is 1.63 bits per heavy atom. The molecule has 7 heteroatoms. The summed E-state index contributed by atoms with van der Waals surface area (Å²) in [5.74, 6) is -0.0839. The van der Waals surface area contributed by atoms with Crippen LogP contribution in [-0.2, 0) is 5.41 Å². The summed E-state index contributed by atoms with van der Waals surface area (Å²) < 4.78 is 0. The van der Waals surface area contributed by atoms with Gasteiger partial charge < -0.3 is 20.2 Å². The zero-order valence-electron chi connectivity index (χ0n) is 20.2. The summed E-state index contributed by atoms with van der Waals surface area (Å²) >= 11 is 0. The van der Waals surface area contributed by atoms with Crippen molar-refractivity contribution in [3.05, 3.63) is 113 Å². The summed E-state index contributed by atoms with van der Waals surface area (Å²) in [5.41, 5.74) is 5.69. The second-order valence-corrected chi connectivity index (χ2v) is 10.4. The van der Waals surface area contributed by atoms with E-state index in [0.29, 0.717) is 29.5 Å². The summed E-state index contributed by atoms with van der Waals surface area (Å²) in [6, 6.07) is 24.7. The van der Waals surface area contributed by atoms with E-state index in [-0.39, 0.29) is 23.0 Å². The summed E-state index contributed by atoms with van der Waals surface area (Å²) in [4.78, 5) is 47.5. The maximum atomic E-state index is 13.7. The number of H-pyrrole nitrogens is 2. The number of amides is 2. The number of anilines is 1. The fraction of sp³-hybridized carbons (Fsp3) is 0.129. The predicted molar refractivity (Wildman–Crippen MR) is 144 cm³/mol. The lowest BCUT2D eigenvalue weighted by molar-refractivity contribution is 0.0806. The van der Waals surface area contributed by atoms with E-state index < -0.39 is 0 Å². The number of hydrogen-bond acceptors (Lipinski definition) is 3. The van der Waals surface area contributed by atoms with Crippen LogP contribution < -0.4 is 5.32 Å². The number of likely N-dealkylation sites (tertiary alicyclic amines) is 1. The van der Waals surface area contributed by atoms with Gasteiger partial charge in [0.2, 0.25) is 0 Å². The molecule has 7 nitrogen and oxygen atoms in total. The molecule has 2 atom stereocenters. The second kappa shape index (κ2) is 7.32. The summed E-state index contributed by atoms with van der Waals surface area (Å²) in [7, 11) is 0. The molecule has 3 aliphatic rings. The number of benzene rings is 3. The number of piperidine rings is 1. The monoisotopic (exact) mass is 498 g/mol. The van der Waals surface area contributed by atoms with Gasteiger partial charge in [-0.15, -0.1) is 0 Å². The summed E-state index contributed by atoms with van der Waals surface area (Å²) in [5, 5.41) is 4.74. The minimum atomic E-state index is -0.233. The van der Waals surface area contributed by atoms with Crippen molar-refractivity contribution in [2.45, 2.75) is 11.8 Å². The Morgan fingerprint density at radius 1 is 0.868 bits per heavy atom. The Balaban J connectivity index is 1.07. The number of aromatic amines is 2. The molecule has 1 spiro atoms. The summed E-state index contributed by atoms with van der Waals surface area (Å²) in [6.45, 7) is 0.605. The average Bonchev–Trinajstić information content (AvgIpc) is 3.25. The minimum Gasteiger partial charge on any atom is -0.351 e. The van der Waals surface area contributed by atoms with Crippen molar-refractivity contribution < 1.29 is 14.4 Å². The van der Waals surface area contributed by atoms with Gasteiger partial charge in [-0.25, -0.2) is 0 Å². The molecule has 0 radical (unpaired) electrons. The molecule has 1 aliphatic heterocycles. The molecule has 0 bridgehead atoms. The van der Waals surface area contributed by atoms with Crippen LogP contribution in [0.2, 0.25) is 0 Å². The third-order valence-corrected chi connectivity index (χ3v) is 8.33. The van der Waals surface area contributed by atoms with Gasteiger partial charge in [0.25, 0.3) is 11.8 Å². The largest absolute Gasteiger partial charge is 0.351 e. The van der Waals surface area contributed by atoms with Crippen LogP contribution in [0.4, 0.5) is 5.69 Å². The quantitative estimate of drug-likeness (QED) is 0.311. The first-order valence-electron chi connectivity index (χ1n) is 12.7. The molecule has 3 N–H and O–H groups in total. The topological polar surface area (TPSA) is 98.1 Å². The van der Waals surface area contributed by atoms with E-state index in [9.17, 15) is 14.4 Å². The van der Waals surface area contributed by atoms with Crippen LogP contribution in [0, 0.1) is 5.92 Å². The van der Waals surface area contributed by atoms with Crippen LogP contribution in [0.25, 0.3) is 21.8 Å². The molecule has 1 saturated heterocycles. The van der Waals surface area contributed by atoms with Crippen molar-refractivity contribution in [3.63, 3.8) is 0 Å². The molecule has 2 amide bonds. The number of fused-ring (bicyclic) bond motifs is 3. The van der Waals surface area contributed by atoms with E-state index in [1.165, 1.54) is 0 Å². The van der Waals surface area contributed by atoms with E-state index in [0.717, 1.165) is 45.1 Å². The van der Waals surface area contributed by atoms with Gasteiger partial charge in [0, 0.05) is 56.8 Å². The number of nitrogens with one attached hydrogen (secondary N) is 3. The predicted octanol–water partition coefficient (Wildman–Crippen LogP) is 5.40. The van der Waals surface area contributed by atoms with Crippen molar-refractivity contribution >= 4 is 45.1 Å².